The second kappa shape index (κ2) is 7.53. The molecule has 0 saturated heterocycles. The topological polar surface area (TPSA) is 75.6 Å². The molecule has 0 saturated carbocycles. The van der Waals surface area contributed by atoms with Crippen molar-refractivity contribution in [3.05, 3.63) is 35.9 Å². The third-order valence-corrected chi connectivity index (χ3v) is 2.59. The van der Waals surface area contributed by atoms with Crippen molar-refractivity contribution in [2.45, 2.75) is 26.5 Å². The Kier molecular flexibility index (Phi) is 6.02. The molecule has 1 aromatic carbocycles. The lowest BCUT2D eigenvalue weighted by molar-refractivity contribution is -0.143. The summed E-state index contributed by atoms with van der Waals surface area (Å²) >= 11 is 0. The number of nitrogens with one attached hydrogen (secondary N) is 1. The van der Waals surface area contributed by atoms with Gasteiger partial charge in [0.05, 0.1) is 6.61 Å². The monoisotopic (exact) mass is 265 g/mol. The second-order valence-corrected chi connectivity index (χ2v) is 4.61. The highest BCUT2D eigenvalue weighted by molar-refractivity contribution is 5.84. The molecule has 0 fully saturated rings. The molecule has 0 aromatic heterocycles. The Hall–Kier alpha value is -1.88. The smallest absolute Gasteiger partial charge is 0.326 e. The predicted molar refractivity (Wildman–Crippen MR) is 70.5 cm³/mol. The quantitative estimate of drug-likeness (QED) is 0.782. The van der Waals surface area contributed by atoms with E-state index in [0.717, 1.165) is 5.56 Å². The molecule has 1 amide bonds. The zero-order valence-electron chi connectivity index (χ0n) is 11.1. The zero-order chi connectivity index (χ0) is 14.3. The Morgan fingerprint density at radius 1 is 1.26 bits per heavy atom. The number of rotatable bonds is 7. The molecule has 0 spiro atoms. The van der Waals surface area contributed by atoms with Gasteiger partial charge in [0.2, 0.25) is 5.91 Å². The fourth-order valence-corrected chi connectivity index (χ4v) is 1.56. The number of carboxylic acid groups (broad SMARTS) is 1. The summed E-state index contributed by atoms with van der Waals surface area (Å²) in [6, 6.07) is 8.58. The van der Waals surface area contributed by atoms with Crippen LogP contribution in [-0.2, 0) is 20.9 Å². The summed E-state index contributed by atoms with van der Waals surface area (Å²) in [6.45, 7) is 3.66. The normalized spacial score (nSPS) is 12.2. The second-order valence-electron chi connectivity index (χ2n) is 4.61. The van der Waals surface area contributed by atoms with E-state index in [0.29, 0.717) is 6.61 Å². The average molecular weight is 265 g/mol. The predicted octanol–water partition coefficient (Wildman–Crippen LogP) is 1.43. The molecule has 1 atom stereocenters. The van der Waals surface area contributed by atoms with E-state index in [1.165, 1.54) is 0 Å². The lowest BCUT2D eigenvalue weighted by atomic mass is 10.1. The SMILES string of the molecule is CC(C)C(NC(=O)COCc1ccccc1)C(=O)O. The van der Waals surface area contributed by atoms with Crippen molar-refractivity contribution in [3.8, 4) is 0 Å². The van der Waals surface area contributed by atoms with Gasteiger partial charge in [-0.3, -0.25) is 4.79 Å². The van der Waals surface area contributed by atoms with Crippen LogP contribution in [0.1, 0.15) is 19.4 Å². The highest BCUT2D eigenvalue weighted by atomic mass is 16.5. The summed E-state index contributed by atoms with van der Waals surface area (Å²) in [5.74, 6) is -1.63. The minimum atomic E-state index is -1.04. The summed E-state index contributed by atoms with van der Waals surface area (Å²) in [4.78, 5) is 22.5. The number of hydrogen-bond donors (Lipinski definition) is 2. The number of amides is 1. The Bertz CT molecular complexity index is 417. The first-order valence-electron chi connectivity index (χ1n) is 6.14. The molecule has 19 heavy (non-hydrogen) atoms. The van der Waals surface area contributed by atoms with Crippen LogP contribution in [0, 0.1) is 5.92 Å². The molecule has 1 rings (SSSR count). The molecular weight excluding hydrogens is 246 g/mol. The van der Waals surface area contributed by atoms with Gasteiger partial charge < -0.3 is 15.2 Å². The van der Waals surface area contributed by atoms with Gasteiger partial charge in [0.1, 0.15) is 12.6 Å². The van der Waals surface area contributed by atoms with Gasteiger partial charge in [-0.05, 0) is 11.5 Å². The molecule has 2 N–H and O–H groups in total. The van der Waals surface area contributed by atoms with Crippen molar-refractivity contribution in [2.75, 3.05) is 6.61 Å². The number of aliphatic carboxylic acids is 1. The summed E-state index contributed by atoms with van der Waals surface area (Å²) in [5, 5.41) is 11.4. The van der Waals surface area contributed by atoms with Gasteiger partial charge in [0, 0.05) is 0 Å². The third kappa shape index (κ3) is 5.52. The lowest BCUT2D eigenvalue weighted by Gasteiger charge is -2.17. The van der Waals surface area contributed by atoms with Crippen LogP contribution >= 0.6 is 0 Å². The van der Waals surface area contributed by atoms with Crippen molar-refractivity contribution in [1.82, 2.24) is 5.32 Å². The van der Waals surface area contributed by atoms with E-state index in [1.807, 2.05) is 30.3 Å². The van der Waals surface area contributed by atoms with Crippen LogP contribution in [0.2, 0.25) is 0 Å². The summed E-state index contributed by atoms with van der Waals surface area (Å²) in [7, 11) is 0. The molecule has 5 heteroatoms. The maximum atomic E-state index is 11.6. The van der Waals surface area contributed by atoms with Gasteiger partial charge in [-0.25, -0.2) is 4.79 Å². The molecular formula is C14H19NO4. The van der Waals surface area contributed by atoms with E-state index in [2.05, 4.69) is 5.32 Å². The van der Waals surface area contributed by atoms with Crippen LogP contribution < -0.4 is 5.32 Å². The number of carbonyl (C=O) groups is 2. The maximum absolute atomic E-state index is 11.6. The lowest BCUT2D eigenvalue weighted by Crippen LogP contribution is -2.45. The first kappa shape index (κ1) is 15.2. The summed E-state index contributed by atoms with van der Waals surface area (Å²) in [6.07, 6.45) is 0. The standard InChI is InChI=1S/C14H19NO4/c1-10(2)13(14(17)18)15-12(16)9-19-8-11-6-4-3-5-7-11/h3-7,10,13H,8-9H2,1-2H3,(H,15,16)(H,17,18). The van der Waals surface area contributed by atoms with Crippen LogP contribution in [-0.4, -0.2) is 29.6 Å². The largest absolute Gasteiger partial charge is 0.480 e. The molecule has 1 aromatic rings. The van der Waals surface area contributed by atoms with Crippen molar-refractivity contribution in [2.24, 2.45) is 5.92 Å². The Labute approximate surface area is 112 Å². The molecule has 0 radical (unpaired) electrons. The van der Waals surface area contributed by atoms with Crippen LogP contribution in [0.3, 0.4) is 0 Å². The fourth-order valence-electron chi connectivity index (χ4n) is 1.56. The van der Waals surface area contributed by atoms with Crippen molar-refractivity contribution < 1.29 is 19.4 Å². The fraction of sp³-hybridized carbons (Fsp3) is 0.429. The number of carbonyl (C=O) groups excluding carboxylic acids is 1. The average Bonchev–Trinajstić information content (AvgIpc) is 2.36. The van der Waals surface area contributed by atoms with Crippen LogP contribution in [0.25, 0.3) is 0 Å². The number of ether oxygens (including phenoxy) is 1. The van der Waals surface area contributed by atoms with Gasteiger partial charge >= 0.3 is 5.97 Å². The van der Waals surface area contributed by atoms with Gasteiger partial charge in [-0.2, -0.15) is 0 Å². The Morgan fingerprint density at radius 2 is 1.89 bits per heavy atom. The molecule has 5 nitrogen and oxygen atoms in total. The molecule has 0 heterocycles. The highest BCUT2D eigenvalue weighted by Gasteiger charge is 2.23. The minimum Gasteiger partial charge on any atom is -0.480 e. The highest BCUT2D eigenvalue weighted by Crippen LogP contribution is 2.02. The maximum Gasteiger partial charge on any atom is 0.326 e. The Balaban J connectivity index is 2.33. The van der Waals surface area contributed by atoms with Crippen LogP contribution in [0.5, 0.6) is 0 Å². The molecule has 0 aliphatic heterocycles. The van der Waals surface area contributed by atoms with E-state index >= 15 is 0 Å². The molecule has 0 bridgehead atoms. The van der Waals surface area contributed by atoms with Crippen molar-refractivity contribution in [3.63, 3.8) is 0 Å². The van der Waals surface area contributed by atoms with Gasteiger partial charge in [0.15, 0.2) is 0 Å². The first-order valence-corrected chi connectivity index (χ1v) is 6.14. The Morgan fingerprint density at radius 3 is 2.42 bits per heavy atom. The van der Waals surface area contributed by atoms with Crippen molar-refractivity contribution >= 4 is 11.9 Å². The number of carboxylic acids is 1. The van der Waals surface area contributed by atoms with E-state index < -0.39 is 17.9 Å². The van der Waals surface area contributed by atoms with Gasteiger partial charge in [0.25, 0.3) is 0 Å². The third-order valence-electron chi connectivity index (χ3n) is 2.59. The first-order chi connectivity index (χ1) is 9.00. The van der Waals surface area contributed by atoms with Gasteiger partial charge in [-0.15, -0.1) is 0 Å². The zero-order valence-corrected chi connectivity index (χ0v) is 11.1. The summed E-state index contributed by atoms with van der Waals surface area (Å²) < 4.78 is 5.24. The molecule has 0 aliphatic carbocycles. The van der Waals surface area contributed by atoms with Crippen LogP contribution in [0.15, 0.2) is 30.3 Å². The number of benzene rings is 1. The van der Waals surface area contributed by atoms with Crippen molar-refractivity contribution in [1.29, 1.82) is 0 Å². The van der Waals surface area contributed by atoms with E-state index in [1.54, 1.807) is 13.8 Å². The number of hydrogen-bond acceptors (Lipinski definition) is 3. The summed E-state index contributed by atoms with van der Waals surface area (Å²) in [5.41, 5.74) is 0.967. The van der Waals surface area contributed by atoms with E-state index in [-0.39, 0.29) is 12.5 Å². The molecule has 1 unspecified atom stereocenters. The minimum absolute atomic E-state index is 0.147. The molecule has 104 valence electrons. The molecule has 0 aliphatic rings. The van der Waals surface area contributed by atoms with E-state index in [9.17, 15) is 9.59 Å². The van der Waals surface area contributed by atoms with E-state index in [4.69, 9.17) is 9.84 Å². The van der Waals surface area contributed by atoms with Crippen LogP contribution in [0.4, 0.5) is 0 Å². The van der Waals surface area contributed by atoms with Gasteiger partial charge in [-0.1, -0.05) is 44.2 Å².